The van der Waals surface area contributed by atoms with Crippen LogP contribution in [-0.2, 0) is 15.0 Å². The predicted molar refractivity (Wildman–Crippen MR) is 93.1 cm³/mol. The lowest BCUT2D eigenvalue weighted by Crippen LogP contribution is -2.41. The molecule has 0 radical (unpaired) electrons. The summed E-state index contributed by atoms with van der Waals surface area (Å²) in [4.78, 5) is 23.5. The molecule has 5 heteroatoms. The van der Waals surface area contributed by atoms with Gasteiger partial charge in [-0.1, -0.05) is 36.6 Å². The van der Waals surface area contributed by atoms with Gasteiger partial charge in [-0.15, -0.1) is 0 Å². The molecule has 0 spiro atoms. The van der Waals surface area contributed by atoms with E-state index in [9.17, 15) is 9.59 Å². The van der Waals surface area contributed by atoms with Crippen molar-refractivity contribution in [3.8, 4) is 0 Å². The van der Waals surface area contributed by atoms with E-state index in [1.54, 1.807) is 0 Å². The van der Waals surface area contributed by atoms with Crippen LogP contribution in [0, 0.1) is 11.8 Å². The van der Waals surface area contributed by atoms with Crippen molar-refractivity contribution in [1.82, 2.24) is 5.32 Å². The molecule has 0 bridgehead atoms. The van der Waals surface area contributed by atoms with Gasteiger partial charge < -0.3 is 10.4 Å². The number of rotatable bonds is 5. The lowest BCUT2D eigenvalue weighted by Gasteiger charge is -2.30. The number of benzene rings is 1. The highest BCUT2D eigenvalue weighted by Gasteiger charge is 2.38. The molecule has 1 amide bonds. The summed E-state index contributed by atoms with van der Waals surface area (Å²) in [6, 6.07) is 7.95. The molecule has 2 fully saturated rings. The zero-order chi connectivity index (χ0) is 17.2. The van der Waals surface area contributed by atoms with Crippen LogP contribution in [0.3, 0.4) is 0 Å². The van der Waals surface area contributed by atoms with Crippen molar-refractivity contribution in [3.63, 3.8) is 0 Å². The summed E-state index contributed by atoms with van der Waals surface area (Å²) in [5.41, 5.74) is 1.23. The highest BCUT2D eigenvalue weighted by atomic mass is 35.5. The standard InChI is InChI=1S/C19H24ClNO3/c20-16-7-5-15(6-8-16)19(9-1-2-10-19)12-21-17(22)13-3-4-14(11-13)18(23)24/h5-8,13-14H,1-4,9-12H2,(H,21,22)(H,23,24)/t13-,14+/m0/s1. The van der Waals surface area contributed by atoms with E-state index in [1.807, 2.05) is 12.1 Å². The molecule has 130 valence electrons. The van der Waals surface area contributed by atoms with Gasteiger partial charge in [-0.05, 0) is 49.8 Å². The van der Waals surface area contributed by atoms with Gasteiger partial charge in [0.15, 0.2) is 0 Å². The maximum atomic E-state index is 12.5. The van der Waals surface area contributed by atoms with Gasteiger partial charge in [0, 0.05) is 22.9 Å². The van der Waals surface area contributed by atoms with Crippen LogP contribution in [0.4, 0.5) is 0 Å². The Labute approximate surface area is 147 Å². The first-order valence-corrected chi connectivity index (χ1v) is 9.14. The SMILES string of the molecule is O=C(O)[C@@H]1CC[C@H](C(=O)NCC2(c3ccc(Cl)cc3)CCCC2)C1. The van der Waals surface area contributed by atoms with Gasteiger partial charge in [0.2, 0.25) is 5.91 Å². The van der Waals surface area contributed by atoms with E-state index < -0.39 is 5.97 Å². The van der Waals surface area contributed by atoms with Crippen LogP contribution in [0.15, 0.2) is 24.3 Å². The van der Waals surface area contributed by atoms with E-state index in [4.69, 9.17) is 16.7 Å². The molecule has 3 rings (SSSR count). The van der Waals surface area contributed by atoms with Crippen LogP contribution in [-0.4, -0.2) is 23.5 Å². The summed E-state index contributed by atoms with van der Waals surface area (Å²) in [6.07, 6.45) is 6.22. The monoisotopic (exact) mass is 349 g/mol. The maximum Gasteiger partial charge on any atom is 0.306 e. The molecule has 0 heterocycles. The van der Waals surface area contributed by atoms with Crippen LogP contribution in [0.1, 0.15) is 50.5 Å². The molecule has 2 atom stereocenters. The third-order valence-corrected chi connectivity index (χ3v) is 6.02. The van der Waals surface area contributed by atoms with E-state index in [2.05, 4.69) is 17.4 Å². The molecule has 0 aliphatic heterocycles. The number of carbonyl (C=O) groups is 2. The molecule has 24 heavy (non-hydrogen) atoms. The van der Waals surface area contributed by atoms with Crippen LogP contribution >= 0.6 is 11.6 Å². The second-order valence-electron chi connectivity index (χ2n) is 7.26. The van der Waals surface area contributed by atoms with Gasteiger partial charge >= 0.3 is 5.97 Å². The second-order valence-corrected chi connectivity index (χ2v) is 7.69. The number of halogens is 1. The average molecular weight is 350 g/mol. The van der Waals surface area contributed by atoms with Crippen molar-refractivity contribution in [1.29, 1.82) is 0 Å². The van der Waals surface area contributed by atoms with Crippen molar-refractivity contribution in [2.24, 2.45) is 11.8 Å². The van der Waals surface area contributed by atoms with Gasteiger partial charge in [-0.2, -0.15) is 0 Å². The lowest BCUT2D eigenvalue weighted by molar-refractivity contribution is -0.141. The molecule has 4 nitrogen and oxygen atoms in total. The van der Waals surface area contributed by atoms with Crippen molar-refractivity contribution in [2.75, 3.05) is 6.54 Å². The minimum absolute atomic E-state index is 0.00888. The third kappa shape index (κ3) is 3.59. The fraction of sp³-hybridized carbons (Fsp3) is 0.579. The first kappa shape index (κ1) is 17.3. The maximum absolute atomic E-state index is 12.5. The number of carboxylic acid groups (broad SMARTS) is 1. The summed E-state index contributed by atoms with van der Waals surface area (Å²) >= 11 is 6.00. The quantitative estimate of drug-likeness (QED) is 0.850. The minimum atomic E-state index is -0.779. The predicted octanol–water partition coefficient (Wildman–Crippen LogP) is 3.77. The van der Waals surface area contributed by atoms with Crippen molar-refractivity contribution < 1.29 is 14.7 Å². The average Bonchev–Trinajstić information content (AvgIpc) is 3.23. The van der Waals surface area contributed by atoms with E-state index in [0.29, 0.717) is 25.8 Å². The number of nitrogens with one attached hydrogen (secondary N) is 1. The molecular formula is C19H24ClNO3. The highest BCUT2D eigenvalue weighted by molar-refractivity contribution is 6.30. The largest absolute Gasteiger partial charge is 0.481 e. The molecule has 2 aliphatic carbocycles. The summed E-state index contributed by atoms with van der Waals surface area (Å²) in [5.74, 6) is -1.29. The number of aliphatic carboxylic acids is 1. The molecule has 1 aromatic rings. The van der Waals surface area contributed by atoms with E-state index in [0.717, 1.165) is 17.9 Å². The van der Waals surface area contributed by atoms with Gasteiger partial charge in [0.1, 0.15) is 0 Å². The Morgan fingerprint density at radius 2 is 1.75 bits per heavy atom. The molecule has 2 saturated carbocycles. The minimum Gasteiger partial charge on any atom is -0.481 e. The van der Waals surface area contributed by atoms with Crippen LogP contribution in [0.2, 0.25) is 5.02 Å². The van der Waals surface area contributed by atoms with Crippen molar-refractivity contribution in [3.05, 3.63) is 34.9 Å². The smallest absolute Gasteiger partial charge is 0.306 e. The second kappa shape index (κ2) is 7.14. The topological polar surface area (TPSA) is 66.4 Å². The Hall–Kier alpha value is -1.55. The van der Waals surface area contributed by atoms with Crippen LogP contribution in [0.25, 0.3) is 0 Å². The number of carboxylic acids is 1. The van der Waals surface area contributed by atoms with E-state index in [1.165, 1.54) is 18.4 Å². The van der Waals surface area contributed by atoms with Gasteiger partial charge in [0.05, 0.1) is 5.92 Å². The zero-order valence-electron chi connectivity index (χ0n) is 13.8. The first-order valence-electron chi connectivity index (χ1n) is 8.77. The van der Waals surface area contributed by atoms with Gasteiger partial charge in [0.25, 0.3) is 0 Å². The Bertz CT molecular complexity index is 608. The number of carbonyl (C=O) groups excluding carboxylic acids is 1. The fourth-order valence-corrected chi connectivity index (χ4v) is 4.39. The Morgan fingerprint density at radius 1 is 1.12 bits per heavy atom. The summed E-state index contributed by atoms with van der Waals surface area (Å²) in [5, 5.41) is 12.9. The highest BCUT2D eigenvalue weighted by Crippen LogP contribution is 2.41. The summed E-state index contributed by atoms with van der Waals surface area (Å²) < 4.78 is 0. The molecule has 0 saturated heterocycles. The molecule has 2 N–H and O–H groups in total. The lowest BCUT2D eigenvalue weighted by atomic mass is 9.78. The van der Waals surface area contributed by atoms with E-state index in [-0.39, 0.29) is 23.2 Å². The van der Waals surface area contributed by atoms with Crippen LogP contribution in [0.5, 0.6) is 0 Å². The van der Waals surface area contributed by atoms with Crippen LogP contribution < -0.4 is 5.32 Å². The molecule has 0 aromatic heterocycles. The first-order chi connectivity index (χ1) is 11.5. The van der Waals surface area contributed by atoms with Crippen molar-refractivity contribution in [2.45, 2.75) is 50.4 Å². The Balaban J connectivity index is 1.64. The molecule has 0 unspecified atom stereocenters. The zero-order valence-corrected chi connectivity index (χ0v) is 14.5. The normalized spacial score (nSPS) is 25.5. The van der Waals surface area contributed by atoms with Gasteiger partial charge in [-0.3, -0.25) is 9.59 Å². The number of hydrogen-bond acceptors (Lipinski definition) is 2. The third-order valence-electron chi connectivity index (χ3n) is 5.77. The summed E-state index contributed by atoms with van der Waals surface area (Å²) in [7, 11) is 0. The van der Waals surface area contributed by atoms with Crippen molar-refractivity contribution >= 4 is 23.5 Å². The summed E-state index contributed by atoms with van der Waals surface area (Å²) in [6.45, 7) is 0.627. The Morgan fingerprint density at radius 3 is 2.33 bits per heavy atom. The molecular weight excluding hydrogens is 326 g/mol. The van der Waals surface area contributed by atoms with Gasteiger partial charge in [-0.25, -0.2) is 0 Å². The molecule has 2 aliphatic rings. The Kier molecular flexibility index (Phi) is 5.14. The van der Waals surface area contributed by atoms with E-state index >= 15 is 0 Å². The fourth-order valence-electron chi connectivity index (χ4n) is 4.27. The number of amides is 1. The number of hydrogen-bond donors (Lipinski definition) is 2. The molecule has 1 aromatic carbocycles.